The summed E-state index contributed by atoms with van der Waals surface area (Å²) in [6.07, 6.45) is 7.82. The molecule has 0 atom stereocenters. The Balaban J connectivity index is 2.17. The van der Waals surface area contributed by atoms with Crippen molar-refractivity contribution in [3.05, 3.63) is 95.6 Å². The van der Waals surface area contributed by atoms with Gasteiger partial charge in [0.15, 0.2) is 0 Å². The average molecular weight is 262 g/mol. The van der Waals surface area contributed by atoms with Crippen molar-refractivity contribution in [2.45, 2.75) is 11.5 Å². The van der Waals surface area contributed by atoms with Crippen molar-refractivity contribution in [1.82, 2.24) is 0 Å². The maximum absolute atomic E-state index is 2.30. The van der Waals surface area contributed by atoms with E-state index < -0.39 is 0 Å². The van der Waals surface area contributed by atoms with Crippen LogP contribution < -0.4 is 0 Å². The Hall–Kier alpha value is -1.86. The minimum absolute atomic E-state index is 0.103. The van der Waals surface area contributed by atoms with Gasteiger partial charge in [-0.05, 0) is 17.5 Å². The Morgan fingerprint density at radius 3 is 1.74 bits per heavy atom. The minimum Gasteiger partial charge on any atom is -0.0804 e. The topological polar surface area (TPSA) is 0 Å². The number of hydrogen-bond acceptors (Lipinski definition) is 0. The van der Waals surface area contributed by atoms with Gasteiger partial charge in [0.2, 0.25) is 0 Å². The summed E-state index contributed by atoms with van der Waals surface area (Å²) in [5.74, 6) is 0. The highest BCUT2D eigenvalue weighted by Crippen LogP contribution is 2.39. The zero-order chi connectivity index (χ0) is 13.1. The van der Waals surface area contributed by atoms with Gasteiger partial charge in [-0.15, -0.1) is 0 Å². The molecule has 0 aliphatic heterocycles. The molecule has 2 aromatic rings. The molecule has 1 heteroatoms. The first kappa shape index (κ1) is 12.2. The van der Waals surface area contributed by atoms with E-state index in [4.69, 9.17) is 0 Å². The average Bonchev–Trinajstić information content (AvgIpc) is 3.03. The number of hydrogen-bond donors (Lipinski definition) is 0. The molecule has 0 spiro atoms. The van der Waals surface area contributed by atoms with Crippen molar-refractivity contribution in [2.24, 2.45) is 0 Å². The van der Waals surface area contributed by atoms with Crippen LogP contribution in [0.1, 0.15) is 17.5 Å². The molecule has 0 unspecified atom stereocenters. The molecule has 0 saturated heterocycles. The van der Waals surface area contributed by atoms with Crippen molar-refractivity contribution in [3.8, 4) is 0 Å². The molecule has 0 aromatic heterocycles. The lowest BCUT2D eigenvalue weighted by Crippen LogP contribution is -2.30. The third-order valence-electron chi connectivity index (χ3n) is 4.12. The zero-order valence-electron chi connectivity index (χ0n) is 11.2. The second-order valence-electron chi connectivity index (χ2n) is 5.18. The fourth-order valence-electron chi connectivity index (χ4n) is 2.90. The maximum atomic E-state index is 2.30. The molecule has 0 bridgehead atoms. The molecule has 19 heavy (non-hydrogen) atoms. The fourth-order valence-corrected chi connectivity index (χ4v) is 3.94. The summed E-state index contributed by atoms with van der Waals surface area (Å²) in [6.45, 7) is 0. The Bertz CT molecular complexity index is 569. The monoisotopic (exact) mass is 262 g/mol. The quantitative estimate of drug-likeness (QED) is 0.745. The van der Waals surface area contributed by atoms with Crippen molar-refractivity contribution >= 4 is 10.2 Å². The van der Waals surface area contributed by atoms with Crippen molar-refractivity contribution in [1.29, 1.82) is 0 Å². The fraction of sp³-hybridized carbons (Fsp3) is 0.111. The molecular weight excluding hydrogens is 244 g/mol. The van der Waals surface area contributed by atoms with Gasteiger partial charge in [0.05, 0.1) is 0 Å². The second kappa shape index (κ2) is 5.02. The highest BCUT2D eigenvalue weighted by Gasteiger charge is 2.32. The lowest BCUT2D eigenvalue weighted by molar-refractivity contribution is 0.830. The first-order chi connectivity index (χ1) is 9.32. The van der Waals surface area contributed by atoms with Crippen LogP contribution in [0.25, 0.3) is 0 Å². The van der Waals surface area contributed by atoms with E-state index in [0.29, 0.717) is 0 Å². The third-order valence-corrected chi connectivity index (χ3v) is 5.91. The third kappa shape index (κ3) is 2.11. The van der Waals surface area contributed by atoms with Crippen molar-refractivity contribution < 1.29 is 0 Å². The van der Waals surface area contributed by atoms with Gasteiger partial charge in [-0.25, -0.2) is 0 Å². The van der Waals surface area contributed by atoms with Gasteiger partial charge in [0.25, 0.3) is 0 Å². The molecule has 3 rings (SSSR count). The van der Waals surface area contributed by atoms with Crippen LogP contribution >= 0.6 is 0 Å². The van der Waals surface area contributed by atoms with Crippen LogP contribution in [0.2, 0.25) is 0 Å². The number of allylic oxidation sites excluding steroid dienone is 4. The lowest BCUT2D eigenvalue weighted by Gasteiger charge is -2.33. The van der Waals surface area contributed by atoms with Crippen LogP contribution in [0.4, 0.5) is 0 Å². The van der Waals surface area contributed by atoms with Crippen LogP contribution in [0.15, 0.2) is 84.5 Å². The lowest BCUT2D eigenvalue weighted by atomic mass is 9.83. The van der Waals surface area contributed by atoms with Gasteiger partial charge in [-0.3, -0.25) is 0 Å². The van der Waals surface area contributed by atoms with Crippen LogP contribution in [0.3, 0.4) is 0 Å². The first-order valence-electron chi connectivity index (χ1n) is 6.79. The molecule has 1 aliphatic carbocycles. The Morgan fingerprint density at radius 1 is 0.789 bits per heavy atom. The normalized spacial score (nSPS) is 14.6. The van der Waals surface area contributed by atoms with Gasteiger partial charge < -0.3 is 0 Å². The van der Waals surface area contributed by atoms with E-state index in [-0.39, 0.29) is 5.04 Å². The molecule has 94 valence electrons. The van der Waals surface area contributed by atoms with Gasteiger partial charge in [0, 0.05) is 15.3 Å². The molecule has 0 heterocycles. The van der Waals surface area contributed by atoms with E-state index in [1.807, 2.05) is 0 Å². The molecule has 0 nitrogen and oxygen atoms in total. The van der Waals surface area contributed by atoms with E-state index in [2.05, 4.69) is 78.9 Å². The highest BCUT2D eigenvalue weighted by atomic mass is 28.1. The van der Waals surface area contributed by atoms with Gasteiger partial charge in [-0.1, -0.05) is 84.5 Å². The minimum atomic E-state index is 0.103. The largest absolute Gasteiger partial charge is 0.0804 e. The number of benzene rings is 2. The molecule has 0 N–H and O–H groups in total. The summed E-state index contributed by atoms with van der Waals surface area (Å²) >= 11 is 0. The van der Waals surface area contributed by atoms with Crippen LogP contribution in [-0.2, 0) is 5.04 Å². The summed E-state index contributed by atoms with van der Waals surface area (Å²) < 4.78 is 0. The molecule has 0 fully saturated rings. The molecule has 0 radical (unpaired) electrons. The van der Waals surface area contributed by atoms with Crippen LogP contribution in [0, 0.1) is 0 Å². The molecule has 1 aliphatic rings. The summed E-state index contributed by atoms with van der Waals surface area (Å²) in [6, 6.07) is 21.8. The van der Waals surface area contributed by atoms with Gasteiger partial charge in [-0.2, -0.15) is 0 Å². The van der Waals surface area contributed by atoms with E-state index in [1.165, 1.54) is 16.7 Å². The molecule has 0 amide bonds. The van der Waals surface area contributed by atoms with Crippen molar-refractivity contribution in [2.75, 3.05) is 0 Å². The molecule has 2 aromatic carbocycles. The van der Waals surface area contributed by atoms with Crippen LogP contribution in [0.5, 0.6) is 0 Å². The predicted molar refractivity (Wildman–Crippen MR) is 85.4 cm³/mol. The van der Waals surface area contributed by atoms with E-state index in [0.717, 1.165) is 16.7 Å². The summed E-state index contributed by atoms with van der Waals surface area (Å²) in [4.78, 5) is 0. The molecule has 0 saturated carbocycles. The number of rotatable bonds is 3. The summed E-state index contributed by atoms with van der Waals surface area (Å²) in [5, 5.41) is 0.103. The summed E-state index contributed by atoms with van der Waals surface area (Å²) in [7, 11) is 1.08. The van der Waals surface area contributed by atoms with Crippen LogP contribution in [-0.4, -0.2) is 10.2 Å². The van der Waals surface area contributed by atoms with E-state index in [9.17, 15) is 0 Å². The van der Waals surface area contributed by atoms with Gasteiger partial charge >= 0.3 is 0 Å². The first-order valence-corrected chi connectivity index (χ1v) is 7.79. The Labute approximate surface area is 117 Å². The van der Waals surface area contributed by atoms with E-state index >= 15 is 0 Å². The summed E-state index contributed by atoms with van der Waals surface area (Å²) in [5.41, 5.74) is 4.36. The Kier molecular flexibility index (Phi) is 3.22. The Morgan fingerprint density at radius 2 is 1.32 bits per heavy atom. The standard InChI is InChI=1S/C18H18Si/c19-18(17-13-7-8-14-17,15-9-3-1-4-10-15)16-11-5-2-6-12-16/h1-13H,14H2,19H3. The van der Waals surface area contributed by atoms with E-state index in [1.54, 1.807) is 0 Å². The highest BCUT2D eigenvalue weighted by molar-refractivity contribution is 6.20. The maximum Gasteiger partial charge on any atom is 0.0270 e. The molecular formula is C18H18Si. The smallest absolute Gasteiger partial charge is 0.0270 e. The predicted octanol–water partition coefficient (Wildman–Crippen LogP) is 3.18. The second-order valence-corrected chi connectivity index (χ2v) is 6.68. The van der Waals surface area contributed by atoms with Gasteiger partial charge in [0.1, 0.15) is 0 Å². The van der Waals surface area contributed by atoms with Crippen molar-refractivity contribution in [3.63, 3.8) is 0 Å². The SMILES string of the molecule is [SiH3]C(C1=CC=CC1)(c1ccccc1)c1ccccc1. The zero-order valence-corrected chi connectivity index (χ0v) is 13.2.